The first kappa shape index (κ1) is 18.4. The van der Waals surface area contributed by atoms with Crippen molar-refractivity contribution in [2.45, 2.75) is 19.4 Å². The zero-order valence-electron chi connectivity index (χ0n) is 15.6. The van der Waals surface area contributed by atoms with Gasteiger partial charge in [-0.1, -0.05) is 17.4 Å². The van der Waals surface area contributed by atoms with E-state index in [1.165, 1.54) is 11.3 Å². The Morgan fingerprint density at radius 1 is 1.39 bits per heavy atom. The summed E-state index contributed by atoms with van der Waals surface area (Å²) in [6.45, 7) is 2.52. The number of carbonyl (C=O) groups excluding carboxylic acids is 2. The second kappa shape index (κ2) is 7.55. The maximum atomic E-state index is 13.0. The maximum Gasteiger partial charge on any atom is 0.232 e. The zero-order chi connectivity index (χ0) is 19.7. The number of likely N-dealkylation sites (tertiary alicyclic amines) is 1. The van der Waals surface area contributed by atoms with Crippen molar-refractivity contribution in [3.8, 4) is 5.75 Å². The molecule has 8 heteroatoms. The molecule has 28 heavy (non-hydrogen) atoms. The van der Waals surface area contributed by atoms with Crippen LogP contribution in [0.1, 0.15) is 24.9 Å². The fraction of sp³-hybridized carbons (Fsp3) is 0.300. The summed E-state index contributed by atoms with van der Waals surface area (Å²) in [5, 5.41) is 3.41. The summed E-state index contributed by atoms with van der Waals surface area (Å²) >= 11 is 1.39. The molecule has 1 N–H and O–H groups in total. The van der Waals surface area contributed by atoms with Crippen molar-refractivity contribution >= 4 is 38.5 Å². The zero-order valence-corrected chi connectivity index (χ0v) is 16.4. The average molecular weight is 396 g/mol. The summed E-state index contributed by atoms with van der Waals surface area (Å²) < 4.78 is 6.45. The molecule has 2 amide bonds. The first-order valence-corrected chi connectivity index (χ1v) is 9.88. The number of benzene rings is 1. The van der Waals surface area contributed by atoms with Gasteiger partial charge in [0.25, 0.3) is 0 Å². The molecule has 2 atom stereocenters. The van der Waals surface area contributed by atoms with E-state index in [9.17, 15) is 9.59 Å². The van der Waals surface area contributed by atoms with Gasteiger partial charge in [-0.2, -0.15) is 0 Å². The molecule has 4 rings (SSSR count). The molecule has 1 fully saturated rings. The minimum Gasteiger partial charge on any atom is -0.494 e. The molecule has 1 aliphatic rings. The van der Waals surface area contributed by atoms with Crippen LogP contribution < -0.4 is 10.1 Å². The second-order valence-electron chi connectivity index (χ2n) is 6.62. The van der Waals surface area contributed by atoms with Crippen molar-refractivity contribution in [3.63, 3.8) is 0 Å². The lowest BCUT2D eigenvalue weighted by Crippen LogP contribution is -2.30. The van der Waals surface area contributed by atoms with Gasteiger partial charge in [0, 0.05) is 25.9 Å². The van der Waals surface area contributed by atoms with Gasteiger partial charge in [0.2, 0.25) is 11.8 Å². The fourth-order valence-electron chi connectivity index (χ4n) is 3.52. The third-order valence-electron chi connectivity index (χ3n) is 4.85. The highest BCUT2D eigenvalue weighted by molar-refractivity contribution is 7.22. The van der Waals surface area contributed by atoms with Crippen molar-refractivity contribution in [1.29, 1.82) is 0 Å². The van der Waals surface area contributed by atoms with E-state index in [4.69, 9.17) is 4.74 Å². The van der Waals surface area contributed by atoms with Gasteiger partial charge in [0.1, 0.15) is 5.75 Å². The molecular weight excluding hydrogens is 376 g/mol. The molecule has 144 valence electrons. The number of anilines is 1. The lowest BCUT2D eigenvalue weighted by atomic mass is 9.94. The van der Waals surface area contributed by atoms with Crippen LogP contribution in [0.15, 0.2) is 42.7 Å². The predicted molar refractivity (Wildman–Crippen MR) is 107 cm³/mol. The molecule has 0 radical (unpaired) electrons. The largest absolute Gasteiger partial charge is 0.494 e. The molecule has 7 nitrogen and oxygen atoms in total. The number of carbonyl (C=O) groups is 2. The molecule has 1 aliphatic heterocycles. The van der Waals surface area contributed by atoms with E-state index in [-0.39, 0.29) is 24.3 Å². The Morgan fingerprint density at radius 3 is 3.00 bits per heavy atom. The Balaban J connectivity index is 1.57. The third-order valence-corrected chi connectivity index (χ3v) is 5.78. The summed E-state index contributed by atoms with van der Waals surface area (Å²) in [6, 6.07) is 9.01. The van der Waals surface area contributed by atoms with Crippen molar-refractivity contribution in [3.05, 3.63) is 48.3 Å². The molecular formula is C20H20N4O3S. The first-order valence-electron chi connectivity index (χ1n) is 9.06. The van der Waals surface area contributed by atoms with Gasteiger partial charge in [-0.15, -0.1) is 0 Å². The number of fused-ring (bicyclic) bond motifs is 1. The molecule has 1 aromatic carbocycles. The van der Waals surface area contributed by atoms with Crippen LogP contribution in [-0.2, 0) is 9.59 Å². The normalized spacial score (nSPS) is 19.2. The van der Waals surface area contributed by atoms with Gasteiger partial charge in [0.05, 0.1) is 28.8 Å². The quantitative estimate of drug-likeness (QED) is 0.716. The summed E-state index contributed by atoms with van der Waals surface area (Å²) in [7, 11) is 1.72. The third kappa shape index (κ3) is 3.43. The number of pyridine rings is 1. The number of nitrogens with zero attached hydrogens (tertiary/aromatic N) is 3. The number of nitrogens with one attached hydrogen (secondary N) is 1. The van der Waals surface area contributed by atoms with E-state index >= 15 is 0 Å². The van der Waals surface area contributed by atoms with E-state index in [0.717, 1.165) is 21.5 Å². The smallest absolute Gasteiger partial charge is 0.232 e. The lowest BCUT2D eigenvalue weighted by molar-refractivity contribution is -0.127. The average Bonchev–Trinajstić information content (AvgIpc) is 3.22. The van der Waals surface area contributed by atoms with E-state index in [1.54, 1.807) is 24.3 Å². The Hall–Kier alpha value is -3.00. The van der Waals surface area contributed by atoms with Crippen LogP contribution in [0.2, 0.25) is 0 Å². The Bertz CT molecular complexity index is 1020. The highest BCUT2D eigenvalue weighted by Gasteiger charge is 2.43. The van der Waals surface area contributed by atoms with E-state index in [2.05, 4.69) is 15.3 Å². The fourth-order valence-corrected chi connectivity index (χ4v) is 4.42. The summed E-state index contributed by atoms with van der Waals surface area (Å²) in [6.07, 6.45) is 3.54. The summed E-state index contributed by atoms with van der Waals surface area (Å²) in [5.41, 5.74) is 1.65. The number of rotatable bonds is 5. The summed E-state index contributed by atoms with van der Waals surface area (Å²) in [5.74, 6) is 0.0131. The summed E-state index contributed by atoms with van der Waals surface area (Å²) in [4.78, 5) is 35.5. The molecule has 1 saturated heterocycles. The molecule has 0 spiro atoms. The monoisotopic (exact) mass is 396 g/mol. The Kier molecular flexibility index (Phi) is 4.95. The highest BCUT2D eigenvalue weighted by atomic mass is 32.1. The highest BCUT2D eigenvalue weighted by Crippen LogP contribution is 2.38. The maximum absolute atomic E-state index is 13.0. The molecule has 0 saturated carbocycles. The second-order valence-corrected chi connectivity index (χ2v) is 7.65. The van der Waals surface area contributed by atoms with Crippen LogP contribution in [0.25, 0.3) is 10.2 Å². The molecule has 2 aromatic heterocycles. The minimum atomic E-state index is -0.493. The first-order chi connectivity index (χ1) is 13.6. The number of ether oxygens (including phenoxy) is 1. The van der Waals surface area contributed by atoms with Gasteiger partial charge in [0.15, 0.2) is 5.13 Å². The molecule has 2 unspecified atom stereocenters. The van der Waals surface area contributed by atoms with Crippen LogP contribution in [0.4, 0.5) is 5.13 Å². The van der Waals surface area contributed by atoms with Crippen LogP contribution in [0, 0.1) is 5.92 Å². The van der Waals surface area contributed by atoms with Crippen molar-refractivity contribution < 1.29 is 14.3 Å². The van der Waals surface area contributed by atoms with E-state index in [1.807, 2.05) is 37.3 Å². The van der Waals surface area contributed by atoms with Crippen LogP contribution in [0.5, 0.6) is 5.75 Å². The molecule has 3 heterocycles. The van der Waals surface area contributed by atoms with Gasteiger partial charge < -0.3 is 15.0 Å². The minimum absolute atomic E-state index is 0.0559. The van der Waals surface area contributed by atoms with Crippen molar-refractivity contribution in [2.24, 2.45) is 5.92 Å². The molecule has 3 aromatic rings. The number of aromatic nitrogens is 2. The predicted octanol–water partition coefficient (Wildman–Crippen LogP) is 3.25. The van der Waals surface area contributed by atoms with Gasteiger partial charge >= 0.3 is 0 Å². The van der Waals surface area contributed by atoms with E-state index in [0.29, 0.717) is 11.7 Å². The lowest BCUT2D eigenvalue weighted by Gasteiger charge is -2.24. The van der Waals surface area contributed by atoms with Gasteiger partial charge in [-0.05, 0) is 36.8 Å². The van der Waals surface area contributed by atoms with Crippen LogP contribution >= 0.6 is 11.3 Å². The standard InChI is InChI=1S/C20H20N4O3S/c1-3-27-13-6-7-15-16(9-13)28-20(22-15)23-19(26)14-10-17(25)24(2)18(14)12-5-4-8-21-11-12/h4-9,11,14,18H,3,10H2,1-2H3,(H,22,23,26). The van der Waals surface area contributed by atoms with Crippen molar-refractivity contribution in [1.82, 2.24) is 14.9 Å². The number of thiazole rings is 1. The van der Waals surface area contributed by atoms with Gasteiger partial charge in [-0.25, -0.2) is 4.98 Å². The van der Waals surface area contributed by atoms with Crippen LogP contribution in [-0.4, -0.2) is 40.3 Å². The molecule has 0 bridgehead atoms. The number of hydrogen-bond acceptors (Lipinski definition) is 6. The van der Waals surface area contributed by atoms with Crippen LogP contribution in [0.3, 0.4) is 0 Å². The number of amides is 2. The molecule has 0 aliphatic carbocycles. The Labute approximate surface area is 166 Å². The van der Waals surface area contributed by atoms with E-state index < -0.39 is 5.92 Å². The topological polar surface area (TPSA) is 84.4 Å². The van der Waals surface area contributed by atoms with Gasteiger partial charge in [-0.3, -0.25) is 14.6 Å². The Morgan fingerprint density at radius 2 is 2.25 bits per heavy atom. The number of hydrogen-bond donors (Lipinski definition) is 1. The SMILES string of the molecule is CCOc1ccc2nc(NC(=O)C3CC(=O)N(C)C3c3cccnc3)sc2c1. The van der Waals surface area contributed by atoms with Crippen molar-refractivity contribution in [2.75, 3.05) is 19.0 Å².